The molecule has 1 N–H and O–H groups in total. The van der Waals surface area contributed by atoms with Crippen LogP contribution in [0.15, 0.2) is 55.6 Å². The summed E-state index contributed by atoms with van der Waals surface area (Å²) in [5, 5.41) is 10.6. The number of hydrogen-bond acceptors (Lipinski definition) is 5. The molecule has 3 amide bonds. The van der Waals surface area contributed by atoms with Gasteiger partial charge in [-0.2, -0.15) is 0 Å². The van der Waals surface area contributed by atoms with Crippen LogP contribution in [0.3, 0.4) is 0 Å². The highest BCUT2D eigenvalue weighted by Crippen LogP contribution is 2.72. The van der Waals surface area contributed by atoms with Gasteiger partial charge in [0.25, 0.3) is 0 Å². The van der Waals surface area contributed by atoms with E-state index in [0.717, 1.165) is 31.2 Å². The molecule has 0 aromatic heterocycles. The van der Waals surface area contributed by atoms with Crippen LogP contribution in [0, 0.1) is 17.8 Å². The third kappa shape index (κ3) is 6.32. The zero-order chi connectivity index (χ0) is 31.4. The first-order valence-corrected chi connectivity index (χ1v) is 16.9. The van der Waals surface area contributed by atoms with Gasteiger partial charge in [0.15, 0.2) is 0 Å². The second kappa shape index (κ2) is 14.0. The third-order valence-corrected chi connectivity index (χ3v) is 11.6. The number of unbranched alkanes of at least 4 members (excludes halogenated alkanes) is 2. The molecule has 8 heteroatoms. The Morgan fingerprint density at radius 2 is 1.77 bits per heavy atom. The highest BCUT2D eigenvalue weighted by molar-refractivity contribution is 8.02. The Morgan fingerprint density at radius 1 is 1.09 bits per heavy atom. The van der Waals surface area contributed by atoms with Crippen LogP contribution in [-0.2, 0) is 20.9 Å². The molecule has 4 rings (SSSR count). The molecule has 1 aromatic carbocycles. The Hall–Kier alpha value is -2.58. The molecule has 3 aliphatic rings. The maximum Gasteiger partial charge on any atom is 0.247 e. The van der Waals surface area contributed by atoms with Crippen molar-refractivity contribution in [3.8, 4) is 0 Å². The smallest absolute Gasteiger partial charge is 0.247 e. The Labute approximate surface area is 262 Å². The van der Waals surface area contributed by atoms with Crippen LogP contribution in [0.2, 0.25) is 0 Å². The fraction of sp³-hybridized carbons (Fsp3) is 0.629. The Kier molecular flexibility index (Phi) is 10.9. The molecule has 7 nitrogen and oxygen atoms in total. The molecule has 1 spiro atoms. The van der Waals surface area contributed by atoms with Gasteiger partial charge in [-0.25, -0.2) is 0 Å². The summed E-state index contributed by atoms with van der Waals surface area (Å²) in [5.74, 6) is -1.25. The average molecular weight is 610 g/mol. The van der Waals surface area contributed by atoms with E-state index in [0.29, 0.717) is 39.0 Å². The first kappa shape index (κ1) is 33.3. The molecule has 43 heavy (non-hydrogen) atoms. The molecule has 3 fully saturated rings. The summed E-state index contributed by atoms with van der Waals surface area (Å²) >= 11 is 1.69. The molecule has 1 aromatic rings. The number of aliphatic hydroxyl groups is 1. The summed E-state index contributed by atoms with van der Waals surface area (Å²) in [7, 11) is 0. The summed E-state index contributed by atoms with van der Waals surface area (Å²) in [4.78, 5) is 49.3. The van der Waals surface area contributed by atoms with Gasteiger partial charge in [0.1, 0.15) is 6.04 Å². The number of aliphatic hydroxyl groups excluding tert-OH is 1. The number of carbonyl (C=O) groups is 3. The minimum Gasteiger partial charge on any atom is -0.394 e. The average Bonchev–Trinajstić information content (AvgIpc) is 3.55. The summed E-state index contributed by atoms with van der Waals surface area (Å²) in [6, 6.07) is 8.67. The molecule has 0 saturated carbocycles. The molecule has 2 unspecified atom stereocenters. The van der Waals surface area contributed by atoms with Gasteiger partial charge in [0, 0.05) is 30.9 Å². The Balaban J connectivity index is 1.77. The van der Waals surface area contributed by atoms with Gasteiger partial charge in [-0.15, -0.1) is 24.9 Å². The second-order valence-corrected chi connectivity index (χ2v) is 15.1. The molecule has 236 valence electrons. The Morgan fingerprint density at radius 3 is 2.37 bits per heavy atom. The third-order valence-electron chi connectivity index (χ3n) is 9.63. The quantitative estimate of drug-likeness (QED) is 0.203. The first-order chi connectivity index (χ1) is 20.6. The van der Waals surface area contributed by atoms with E-state index in [4.69, 9.17) is 0 Å². The van der Waals surface area contributed by atoms with Crippen molar-refractivity contribution < 1.29 is 19.5 Å². The van der Waals surface area contributed by atoms with Crippen molar-refractivity contribution in [1.82, 2.24) is 14.7 Å². The number of carbonyl (C=O) groups excluding carboxylic acids is 3. The van der Waals surface area contributed by atoms with E-state index >= 15 is 0 Å². The van der Waals surface area contributed by atoms with Crippen molar-refractivity contribution in [2.24, 2.45) is 17.8 Å². The van der Waals surface area contributed by atoms with Crippen LogP contribution in [0.4, 0.5) is 0 Å². The van der Waals surface area contributed by atoms with E-state index in [-0.39, 0.29) is 30.2 Å². The van der Waals surface area contributed by atoms with Crippen molar-refractivity contribution in [3.63, 3.8) is 0 Å². The lowest BCUT2D eigenvalue weighted by molar-refractivity contribution is -0.148. The molecule has 6 atom stereocenters. The van der Waals surface area contributed by atoms with Gasteiger partial charge in [0.2, 0.25) is 17.7 Å². The minimum absolute atomic E-state index is 0.0537. The van der Waals surface area contributed by atoms with E-state index in [1.165, 1.54) is 0 Å². The van der Waals surface area contributed by atoms with Gasteiger partial charge in [0.05, 0.1) is 29.2 Å². The number of hydrogen-bond donors (Lipinski definition) is 1. The van der Waals surface area contributed by atoms with Gasteiger partial charge >= 0.3 is 0 Å². The molecule has 2 bridgehead atoms. The van der Waals surface area contributed by atoms with Crippen molar-refractivity contribution in [2.45, 2.75) is 94.3 Å². The van der Waals surface area contributed by atoms with Crippen LogP contribution in [0.1, 0.15) is 71.8 Å². The maximum absolute atomic E-state index is 14.7. The number of thioether (sulfide) groups is 1. The van der Waals surface area contributed by atoms with Crippen LogP contribution < -0.4 is 0 Å². The van der Waals surface area contributed by atoms with Crippen LogP contribution in [-0.4, -0.2) is 85.3 Å². The van der Waals surface area contributed by atoms with Gasteiger partial charge < -0.3 is 19.8 Å². The fourth-order valence-electron chi connectivity index (χ4n) is 7.79. The molecular formula is C35H51N3O4S. The van der Waals surface area contributed by atoms with Crippen molar-refractivity contribution >= 4 is 29.5 Å². The summed E-state index contributed by atoms with van der Waals surface area (Å²) < 4.78 is -1.18. The molecule has 0 aliphatic carbocycles. The SMILES string of the molecule is C=CCN(CCCCC)C(=O)C1N([C@@H](CO)CC(C)C)C(=O)[C@@H]2[C@H](C(=O)N(CC=C)Cc3ccccc3)[C@]3(C)CCC12S3. The lowest BCUT2D eigenvalue weighted by atomic mass is 9.66. The predicted octanol–water partition coefficient (Wildman–Crippen LogP) is 5.29. The predicted molar refractivity (Wildman–Crippen MR) is 174 cm³/mol. The van der Waals surface area contributed by atoms with Crippen LogP contribution >= 0.6 is 11.8 Å². The van der Waals surface area contributed by atoms with Gasteiger partial charge in [-0.05, 0) is 44.1 Å². The number of fused-ring (bicyclic) bond motifs is 1. The zero-order valence-corrected chi connectivity index (χ0v) is 27.4. The number of nitrogens with zero attached hydrogens (tertiary/aromatic N) is 3. The van der Waals surface area contributed by atoms with E-state index in [2.05, 4.69) is 40.9 Å². The van der Waals surface area contributed by atoms with E-state index in [1.807, 2.05) is 40.1 Å². The normalized spacial score (nSPS) is 28.2. The maximum atomic E-state index is 14.7. The lowest BCUT2D eigenvalue weighted by Gasteiger charge is -2.40. The summed E-state index contributed by atoms with van der Waals surface area (Å²) in [5.41, 5.74) is 1.02. The number of benzene rings is 1. The largest absolute Gasteiger partial charge is 0.394 e. The van der Waals surface area contributed by atoms with E-state index in [9.17, 15) is 19.5 Å². The monoisotopic (exact) mass is 609 g/mol. The highest BCUT2D eigenvalue weighted by Gasteiger charge is 2.78. The second-order valence-electron chi connectivity index (χ2n) is 13.2. The number of amides is 3. The van der Waals surface area contributed by atoms with Crippen LogP contribution in [0.5, 0.6) is 0 Å². The zero-order valence-electron chi connectivity index (χ0n) is 26.5. The standard InChI is InChI=1S/C35H51N3O4S/c1-7-10-14-21-36(19-8-2)33(42)30-35-18-17-34(6,43-35)28(29(35)32(41)38(30)27(24-39)22-25(4)5)31(40)37(20-9-3)23-26-15-12-11-13-16-26/h8-9,11-13,15-16,25,27-30,39H,2-3,7,10,14,17-24H2,1,4-6H3/t27-,28-,29+,30?,34+,35?/m1/s1. The molecule has 3 heterocycles. The molecule has 0 radical (unpaired) electrons. The fourth-order valence-corrected chi connectivity index (χ4v) is 10.1. The van der Waals surface area contributed by atoms with E-state index in [1.54, 1.807) is 28.8 Å². The van der Waals surface area contributed by atoms with Crippen molar-refractivity contribution in [3.05, 3.63) is 61.2 Å². The topological polar surface area (TPSA) is 81.2 Å². The summed E-state index contributed by atoms with van der Waals surface area (Å²) in [6.45, 7) is 17.8. The first-order valence-electron chi connectivity index (χ1n) is 16.0. The molecular weight excluding hydrogens is 558 g/mol. The van der Waals surface area contributed by atoms with Gasteiger partial charge in [-0.1, -0.05) is 76.1 Å². The number of rotatable bonds is 16. The highest BCUT2D eigenvalue weighted by atomic mass is 32.2. The van der Waals surface area contributed by atoms with Crippen LogP contribution in [0.25, 0.3) is 0 Å². The molecule has 3 saturated heterocycles. The van der Waals surface area contributed by atoms with Gasteiger partial charge in [-0.3, -0.25) is 14.4 Å². The minimum atomic E-state index is -0.728. The molecule has 3 aliphatic heterocycles. The van der Waals surface area contributed by atoms with E-state index < -0.39 is 33.4 Å². The Bertz CT molecular complexity index is 1170. The lowest BCUT2D eigenvalue weighted by Crippen LogP contribution is -2.57. The van der Waals surface area contributed by atoms with Crippen molar-refractivity contribution in [2.75, 3.05) is 26.2 Å². The van der Waals surface area contributed by atoms with Crippen molar-refractivity contribution in [1.29, 1.82) is 0 Å². The summed E-state index contributed by atoms with van der Waals surface area (Å²) in [6.07, 6.45) is 8.46. The number of likely N-dealkylation sites (tertiary alicyclic amines) is 1.